The van der Waals surface area contributed by atoms with Crippen LogP contribution in [0.3, 0.4) is 0 Å². The Morgan fingerprint density at radius 1 is 1.25 bits per heavy atom. The van der Waals surface area contributed by atoms with Crippen LogP contribution in [-0.2, 0) is 12.8 Å². The van der Waals surface area contributed by atoms with Crippen LogP contribution in [0.1, 0.15) is 47.5 Å². The number of benzene rings is 1. The van der Waals surface area contributed by atoms with Crippen molar-refractivity contribution in [2.45, 2.75) is 37.5 Å². The molecule has 2 aliphatic rings. The summed E-state index contributed by atoms with van der Waals surface area (Å²) in [4.78, 5) is 4.41. The first-order chi connectivity index (χ1) is 9.88. The molecule has 0 saturated heterocycles. The van der Waals surface area contributed by atoms with Gasteiger partial charge in [-0.1, -0.05) is 24.3 Å². The number of hydrogen-bond acceptors (Lipinski definition) is 3. The normalized spacial score (nSPS) is 26.9. The molecule has 2 aromatic rings. The highest BCUT2D eigenvalue weighted by atomic mass is 16.4. The number of oxazole rings is 1. The Balaban J connectivity index is 1.56. The Labute approximate surface area is 119 Å². The topological polar surface area (TPSA) is 52.0 Å². The molecule has 3 nitrogen and oxygen atoms in total. The van der Waals surface area contributed by atoms with Crippen LogP contribution in [0, 0.1) is 5.92 Å². The minimum absolute atomic E-state index is 0.553. The summed E-state index contributed by atoms with van der Waals surface area (Å²) in [6, 6.07) is 8.87. The molecule has 0 amide bonds. The lowest BCUT2D eigenvalue weighted by Gasteiger charge is -2.13. The first kappa shape index (κ1) is 12.2. The predicted octanol–water partition coefficient (Wildman–Crippen LogP) is 3.01. The van der Waals surface area contributed by atoms with Crippen molar-refractivity contribution >= 4 is 0 Å². The molecule has 1 fully saturated rings. The number of fused-ring (bicyclic) bond motifs is 3. The summed E-state index contributed by atoms with van der Waals surface area (Å²) in [6.07, 6.45) is 6.24. The molecule has 1 aromatic heterocycles. The van der Waals surface area contributed by atoms with Gasteiger partial charge in [0.2, 0.25) is 0 Å². The molecule has 4 rings (SSSR count). The number of nitrogens with two attached hydrogens (primary N) is 1. The molecule has 3 unspecified atom stereocenters. The quantitative estimate of drug-likeness (QED) is 0.927. The van der Waals surface area contributed by atoms with E-state index in [0.717, 1.165) is 30.4 Å². The highest BCUT2D eigenvalue weighted by Crippen LogP contribution is 2.65. The van der Waals surface area contributed by atoms with E-state index < -0.39 is 0 Å². The van der Waals surface area contributed by atoms with E-state index in [4.69, 9.17) is 10.2 Å². The average Bonchev–Trinajstić information content (AvgIpc) is 3.06. The van der Waals surface area contributed by atoms with Gasteiger partial charge in [0, 0.05) is 12.3 Å². The van der Waals surface area contributed by atoms with Gasteiger partial charge in [-0.2, -0.15) is 0 Å². The zero-order valence-electron chi connectivity index (χ0n) is 11.6. The zero-order chi connectivity index (χ0) is 13.5. The predicted molar refractivity (Wildman–Crippen MR) is 77.6 cm³/mol. The van der Waals surface area contributed by atoms with Gasteiger partial charge in [-0.05, 0) is 48.8 Å². The fourth-order valence-electron chi connectivity index (χ4n) is 3.80. The maximum absolute atomic E-state index is 5.95. The van der Waals surface area contributed by atoms with Crippen LogP contribution in [0.4, 0.5) is 0 Å². The Hall–Kier alpha value is -1.61. The third-order valence-electron chi connectivity index (χ3n) is 4.82. The van der Waals surface area contributed by atoms with Crippen molar-refractivity contribution in [2.75, 3.05) is 6.54 Å². The van der Waals surface area contributed by atoms with Gasteiger partial charge >= 0.3 is 0 Å². The highest BCUT2D eigenvalue weighted by molar-refractivity contribution is 5.43. The van der Waals surface area contributed by atoms with Crippen molar-refractivity contribution in [1.29, 1.82) is 0 Å². The lowest BCUT2D eigenvalue weighted by atomic mass is 9.92. The Bertz CT molecular complexity index is 619. The summed E-state index contributed by atoms with van der Waals surface area (Å²) >= 11 is 0. The molecule has 20 heavy (non-hydrogen) atoms. The lowest BCUT2D eigenvalue weighted by molar-refractivity contribution is 0.444. The second-order valence-corrected chi connectivity index (χ2v) is 6.00. The summed E-state index contributed by atoms with van der Waals surface area (Å²) in [5.74, 6) is 3.92. The SMILES string of the molecule is NCCCc1ncc(C2C3CCc4ccccc4C32)o1. The molecule has 2 N–H and O–H groups in total. The second-order valence-electron chi connectivity index (χ2n) is 6.00. The van der Waals surface area contributed by atoms with Crippen LogP contribution in [0.5, 0.6) is 0 Å². The van der Waals surface area contributed by atoms with Crippen molar-refractivity contribution in [1.82, 2.24) is 4.98 Å². The van der Waals surface area contributed by atoms with Crippen LogP contribution >= 0.6 is 0 Å². The third-order valence-corrected chi connectivity index (χ3v) is 4.82. The largest absolute Gasteiger partial charge is 0.445 e. The summed E-state index contributed by atoms with van der Waals surface area (Å²) in [5.41, 5.74) is 8.60. The zero-order valence-corrected chi connectivity index (χ0v) is 11.6. The lowest BCUT2D eigenvalue weighted by Crippen LogP contribution is -2.00. The van der Waals surface area contributed by atoms with E-state index in [-0.39, 0.29) is 0 Å². The van der Waals surface area contributed by atoms with Crippen molar-refractivity contribution in [3.05, 3.63) is 53.2 Å². The molecule has 104 valence electrons. The number of hydrogen-bond donors (Lipinski definition) is 1. The molecular formula is C17H20N2O. The fraction of sp³-hybridized carbons (Fsp3) is 0.471. The van der Waals surface area contributed by atoms with E-state index in [9.17, 15) is 0 Å². The van der Waals surface area contributed by atoms with Gasteiger partial charge in [0.25, 0.3) is 0 Å². The minimum Gasteiger partial charge on any atom is -0.445 e. The molecule has 1 heterocycles. The maximum Gasteiger partial charge on any atom is 0.194 e. The van der Waals surface area contributed by atoms with E-state index >= 15 is 0 Å². The van der Waals surface area contributed by atoms with E-state index in [1.807, 2.05) is 6.20 Å². The molecule has 1 saturated carbocycles. The molecule has 0 bridgehead atoms. The Morgan fingerprint density at radius 3 is 3.05 bits per heavy atom. The maximum atomic E-state index is 5.95. The smallest absolute Gasteiger partial charge is 0.194 e. The molecule has 3 heteroatoms. The fourth-order valence-corrected chi connectivity index (χ4v) is 3.80. The molecule has 1 aromatic carbocycles. The number of rotatable bonds is 4. The van der Waals surface area contributed by atoms with E-state index in [0.29, 0.717) is 18.4 Å². The van der Waals surface area contributed by atoms with Crippen LogP contribution in [0.25, 0.3) is 0 Å². The van der Waals surface area contributed by atoms with Crippen molar-refractivity contribution < 1.29 is 4.42 Å². The van der Waals surface area contributed by atoms with E-state index in [2.05, 4.69) is 29.2 Å². The van der Waals surface area contributed by atoms with E-state index in [1.54, 1.807) is 0 Å². The van der Waals surface area contributed by atoms with Crippen LogP contribution in [0.15, 0.2) is 34.9 Å². The molecule has 3 atom stereocenters. The highest BCUT2D eigenvalue weighted by Gasteiger charge is 2.55. The third kappa shape index (κ3) is 1.88. The van der Waals surface area contributed by atoms with Crippen molar-refractivity contribution in [3.63, 3.8) is 0 Å². The number of aryl methyl sites for hydroxylation is 2. The molecule has 0 aliphatic heterocycles. The van der Waals surface area contributed by atoms with Crippen LogP contribution in [-0.4, -0.2) is 11.5 Å². The van der Waals surface area contributed by atoms with E-state index in [1.165, 1.54) is 24.0 Å². The number of aromatic nitrogens is 1. The van der Waals surface area contributed by atoms with Gasteiger partial charge in [-0.25, -0.2) is 4.98 Å². The number of nitrogens with zero attached hydrogens (tertiary/aromatic N) is 1. The average molecular weight is 268 g/mol. The van der Waals surface area contributed by atoms with Crippen LogP contribution in [0.2, 0.25) is 0 Å². The van der Waals surface area contributed by atoms with Gasteiger partial charge in [-0.3, -0.25) is 0 Å². The summed E-state index contributed by atoms with van der Waals surface area (Å²) in [7, 11) is 0. The van der Waals surface area contributed by atoms with Crippen molar-refractivity contribution in [2.24, 2.45) is 11.7 Å². The van der Waals surface area contributed by atoms with Gasteiger partial charge in [0.1, 0.15) is 5.76 Å². The molecular weight excluding hydrogens is 248 g/mol. The summed E-state index contributed by atoms with van der Waals surface area (Å²) in [6.45, 7) is 0.694. The summed E-state index contributed by atoms with van der Waals surface area (Å²) < 4.78 is 5.95. The molecule has 0 spiro atoms. The Morgan fingerprint density at radius 2 is 2.15 bits per heavy atom. The molecule has 0 radical (unpaired) electrons. The first-order valence-electron chi connectivity index (χ1n) is 7.61. The first-order valence-corrected chi connectivity index (χ1v) is 7.61. The van der Waals surface area contributed by atoms with Crippen molar-refractivity contribution in [3.8, 4) is 0 Å². The van der Waals surface area contributed by atoms with Crippen LogP contribution < -0.4 is 5.73 Å². The van der Waals surface area contributed by atoms with Gasteiger partial charge in [-0.15, -0.1) is 0 Å². The van der Waals surface area contributed by atoms with Gasteiger partial charge in [0.15, 0.2) is 5.89 Å². The minimum atomic E-state index is 0.553. The Kier molecular flexibility index (Phi) is 2.88. The molecule has 2 aliphatic carbocycles. The standard InChI is InChI=1S/C17H20N2O/c18-9-3-6-15-19-10-14(20-15)17-13-8-7-11-4-1-2-5-12(11)16(13)17/h1-2,4-5,10,13,16-17H,3,6-9,18H2. The monoisotopic (exact) mass is 268 g/mol. The van der Waals surface area contributed by atoms with Gasteiger partial charge in [0.05, 0.1) is 6.20 Å². The van der Waals surface area contributed by atoms with Gasteiger partial charge < -0.3 is 10.2 Å². The summed E-state index contributed by atoms with van der Waals surface area (Å²) in [5, 5.41) is 0. The second kappa shape index (κ2) is 4.74.